The number of nitrogens with one attached hydrogen (secondary N) is 1. The predicted molar refractivity (Wildman–Crippen MR) is 77.1 cm³/mol. The van der Waals surface area contributed by atoms with Crippen LogP contribution >= 0.6 is 0 Å². The summed E-state index contributed by atoms with van der Waals surface area (Å²) >= 11 is 0. The summed E-state index contributed by atoms with van der Waals surface area (Å²) in [6.45, 7) is 2.68. The van der Waals surface area contributed by atoms with Gasteiger partial charge in [-0.2, -0.15) is 0 Å². The van der Waals surface area contributed by atoms with Crippen LogP contribution in [0.3, 0.4) is 0 Å². The van der Waals surface area contributed by atoms with Gasteiger partial charge in [0.05, 0.1) is 17.4 Å². The van der Waals surface area contributed by atoms with Crippen LogP contribution in [0.1, 0.15) is 32.1 Å². The van der Waals surface area contributed by atoms with Gasteiger partial charge in [0.2, 0.25) is 5.91 Å². The molecule has 6 heteroatoms. The third-order valence-corrected chi connectivity index (χ3v) is 6.55. The molecule has 0 aromatic carbocycles. The Hall–Kier alpha value is -0.620. The van der Waals surface area contributed by atoms with E-state index in [2.05, 4.69) is 5.32 Å². The molecule has 1 N–H and O–H groups in total. The van der Waals surface area contributed by atoms with Gasteiger partial charge in [-0.25, -0.2) is 8.42 Å². The van der Waals surface area contributed by atoms with E-state index in [0.29, 0.717) is 12.5 Å². The standard InChI is InChI=1S/C14H24N2O3S/c17-14(12-5-8-20(18,19)10-12)16-6-3-13(4-7-16)15-9-11-1-2-11/h11-13,15H,1-10H2. The lowest BCUT2D eigenvalue weighted by Crippen LogP contribution is -2.47. The van der Waals surface area contributed by atoms with E-state index in [9.17, 15) is 13.2 Å². The monoisotopic (exact) mass is 300 g/mol. The summed E-state index contributed by atoms with van der Waals surface area (Å²) in [4.78, 5) is 14.2. The molecular formula is C14H24N2O3S. The number of piperidine rings is 1. The zero-order valence-electron chi connectivity index (χ0n) is 11.9. The minimum absolute atomic E-state index is 0.0612. The second kappa shape index (κ2) is 5.64. The van der Waals surface area contributed by atoms with Gasteiger partial charge in [0.1, 0.15) is 0 Å². The summed E-state index contributed by atoms with van der Waals surface area (Å²) in [5.74, 6) is 0.912. The lowest BCUT2D eigenvalue weighted by atomic mass is 10.0. The zero-order chi connectivity index (χ0) is 14.2. The number of hydrogen-bond acceptors (Lipinski definition) is 4. The highest BCUT2D eigenvalue weighted by molar-refractivity contribution is 7.91. The Morgan fingerprint density at radius 3 is 2.35 bits per heavy atom. The molecule has 1 aliphatic carbocycles. The first-order valence-electron chi connectivity index (χ1n) is 7.76. The van der Waals surface area contributed by atoms with Gasteiger partial charge in [-0.3, -0.25) is 4.79 Å². The predicted octanol–water partition coefficient (Wildman–Crippen LogP) is 0.412. The minimum atomic E-state index is -2.96. The van der Waals surface area contributed by atoms with Crippen molar-refractivity contribution >= 4 is 15.7 Å². The van der Waals surface area contributed by atoms with Crippen LogP contribution in [0.2, 0.25) is 0 Å². The van der Waals surface area contributed by atoms with Gasteiger partial charge in [0, 0.05) is 19.1 Å². The Bertz CT molecular complexity index is 465. The fraction of sp³-hybridized carbons (Fsp3) is 0.929. The van der Waals surface area contributed by atoms with Gasteiger partial charge >= 0.3 is 0 Å². The third-order valence-electron chi connectivity index (χ3n) is 4.78. The molecule has 1 amide bonds. The lowest BCUT2D eigenvalue weighted by molar-refractivity contribution is -0.135. The molecule has 2 heterocycles. The fourth-order valence-electron chi connectivity index (χ4n) is 3.21. The number of amides is 1. The molecule has 1 unspecified atom stereocenters. The Morgan fingerprint density at radius 1 is 1.10 bits per heavy atom. The number of rotatable bonds is 4. The Morgan fingerprint density at radius 2 is 1.80 bits per heavy atom. The van der Waals surface area contributed by atoms with Gasteiger partial charge in [-0.1, -0.05) is 0 Å². The molecule has 0 spiro atoms. The van der Waals surface area contributed by atoms with E-state index in [4.69, 9.17) is 0 Å². The third kappa shape index (κ3) is 3.52. The highest BCUT2D eigenvalue weighted by Crippen LogP contribution is 2.28. The quantitative estimate of drug-likeness (QED) is 0.817. The topological polar surface area (TPSA) is 66.5 Å². The number of carbonyl (C=O) groups is 1. The second-order valence-electron chi connectivity index (χ2n) is 6.55. The van der Waals surface area contributed by atoms with Gasteiger partial charge in [-0.15, -0.1) is 0 Å². The van der Waals surface area contributed by atoms with Crippen LogP contribution in [-0.4, -0.2) is 56.4 Å². The molecule has 2 saturated heterocycles. The van der Waals surface area contributed by atoms with Gasteiger partial charge in [0.25, 0.3) is 0 Å². The average Bonchev–Trinajstić information content (AvgIpc) is 3.19. The number of likely N-dealkylation sites (tertiary alicyclic amines) is 1. The molecule has 1 saturated carbocycles. The van der Waals surface area contributed by atoms with Crippen molar-refractivity contribution in [3.05, 3.63) is 0 Å². The van der Waals surface area contributed by atoms with Crippen LogP contribution in [0.5, 0.6) is 0 Å². The molecule has 3 fully saturated rings. The van der Waals surface area contributed by atoms with E-state index < -0.39 is 9.84 Å². The van der Waals surface area contributed by atoms with Crippen molar-refractivity contribution < 1.29 is 13.2 Å². The Labute approximate surface area is 121 Å². The molecular weight excluding hydrogens is 276 g/mol. The van der Waals surface area contributed by atoms with Crippen LogP contribution in [-0.2, 0) is 14.6 Å². The van der Waals surface area contributed by atoms with E-state index >= 15 is 0 Å². The van der Waals surface area contributed by atoms with Crippen molar-refractivity contribution in [2.24, 2.45) is 11.8 Å². The number of hydrogen-bond donors (Lipinski definition) is 1. The smallest absolute Gasteiger partial charge is 0.226 e. The summed E-state index contributed by atoms with van der Waals surface area (Å²) in [5, 5.41) is 3.59. The lowest BCUT2D eigenvalue weighted by Gasteiger charge is -2.34. The molecule has 114 valence electrons. The molecule has 5 nitrogen and oxygen atoms in total. The largest absolute Gasteiger partial charge is 0.342 e. The van der Waals surface area contributed by atoms with E-state index in [-0.39, 0.29) is 23.3 Å². The maximum Gasteiger partial charge on any atom is 0.226 e. The molecule has 0 bridgehead atoms. The number of nitrogens with zero attached hydrogens (tertiary/aromatic N) is 1. The molecule has 20 heavy (non-hydrogen) atoms. The molecule has 2 aliphatic heterocycles. The van der Waals surface area contributed by atoms with E-state index in [1.165, 1.54) is 12.8 Å². The first kappa shape index (κ1) is 14.3. The summed E-state index contributed by atoms with van der Waals surface area (Å²) in [6.07, 6.45) is 5.23. The van der Waals surface area contributed by atoms with Gasteiger partial charge in [-0.05, 0) is 44.6 Å². The molecule has 0 radical (unpaired) electrons. The normalized spacial score (nSPS) is 30.6. The molecule has 3 rings (SSSR count). The van der Waals surface area contributed by atoms with Crippen molar-refractivity contribution in [3.63, 3.8) is 0 Å². The maximum atomic E-state index is 12.3. The summed E-state index contributed by atoms with van der Waals surface area (Å²) < 4.78 is 22.9. The first-order chi connectivity index (χ1) is 9.53. The zero-order valence-corrected chi connectivity index (χ0v) is 12.7. The highest BCUT2D eigenvalue weighted by Gasteiger charge is 2.36. The van der Waals surface area contributed by atoms with Crippen LogP contribution in [0, 0.1) is 11.8 Å². The highest BCUT2D eigenvalue weighted by atomic mass is 32.2. The van der Waals surface area contributed by atoms with Crippen molar-refractivity contribution in [1.82, 2.24) is 10.2 Å². The summed E-state index contributed by atoms with van der Waals surface area (Å²) in [5.41, 5.74) is 0. The van der Waals surface area contributed by atoms with Crippen LogP contribution in [0.4, 0.5) is 0 Å². The maximum absolute atomic E-state index is 12.3. The first-order valence-corrected chi connectivity index (χ1v) is 9.58. The Balaban J connectivity index is 1.44. The molecule has 0 aromatic heterocycles. The molecule has 1 atom stereocenters. The number of carbonyl (C=O) groups excluding carboxylic acids is 1. The van der Waals surface area contributed by atoms with Crippen molar-refractivity contribution in [2.75, 3.05) is 31.1 Å². The SMILES string of the molecule is O=C(C1CCS(=O)(=O)C1)N1CCC(NCC2CC2)CC1. The van der Waals surface area contributed by atoms with Crippen molar-refractivity contribution in [1.29, 1.82) is 0 Å². The van der Waals surface area contributed by atoms with Crippen molar-refractivity contribution in [2.45, 2.75) is 38.1 Å². The van der Waals surface area contributed by atoms with E-state index in [1.54, 1.807) is 0 Å². The molecule has 0 aromatic rings. The minimum Gasteiger partial charge on any atom is -0.342 e. The summed E-state index contributed by atoms with van der Waals surface area (Å²) in [7, 11) is -2.96. The van der Waals surface area contributed by atoms with Crippen LogP contribution in [0.15, 0.2) is 0 Å². The Kier molecular flexibility index (Phi) is 4.04. The second-order valence-corrected chi connectivity index (χ2v) is 8.78. The van der Waals surface area contributed by atoms with Crippen LogP contribution < -0.4 is 5.32 Å². The fourth-order valence-corrected chi connectivity index (χ4v) is 4.94. The van der Waals surface area contributed by atoms with Crippen LogP contribution in [0.25, 0.3) is 0 Å². The van der Waals surface area contributed by atoms with Gasteiger partial charge in [0.15, 0.2) is 9.84 Å². The van der Waals surface area contributed by atoms with E-state index in [1.807, 2.05) is 4.90 Å². The average molecular weight is 300 g/mol. The molecule has 3 aliphatic rings. The number of sulfone groups is 1. The van der Waals surface area contributed by atoms with Gasteiger partial charge < -0.3 is 10.2 Å². The summed E-state index contributed by atoms with van der Waals surface area (Å²) in [6, 6.07) is 0.534. The van der Waals surface area contributed by atoms with E-state index in [0.717, 1.165) is 38.4 Å². The van der Waals surface area contributed by atoms with Crippen molar-refractivity contribution in [3.8, 4) is 0 Å².